The molecular weight excluding hydrogens is 510 g/mol. The molecule has 2 aromatic carbocycles. The second-order valence-corrected chi connectivity index (χ2v) is 10.6. The molecule has 194 valence electrons. The number of carboxylic acids is 1. The minimum atomic E-state index is -4.91. The van der Waals surface area contributed by atoms with Gasteiger partial charge in [0, 0.05) is 10.8 Å². The van der Waals surface area contributed by atoms with E-state index < -0.39 is 37.2 Å². The monoisotopic (exact) mass is 533 g/mol. The van der Waals surface area contributed by atoms with Crippen molar-refractivity contribution in [2.45, 2.75) is 43.0 Å². The number of rotatable bonds is 5. The van der Waals surface area contributed by atoms with Crippen molar-refractivity contribution in [3.8, 4) is 0 Å². The minimum absolute atomic E-state index is 0.0251. The summed E-state index contributed by atoms with van der Waals surface area (Å²) in [4.78, 5) is 42.5. The predicted molar refractivity (Wildman–Crippen MR) is 139 cm³/mol. The van der Waals surface area contributed by atoms with Crippen molar-refractivity contribution in [3.05, 3.63) is 102 Å². The topological polar surface area (TPSA) is 163 Å². The average molecular weight is 534 g/mol. The summed E-state index contributed by atoms with van der Waals surface area (Å²) in [6.45, 7) is 0. The van der Waals surface area contributed by atoms with Gasteiger partial charge in [-0.1, -0.05) is 43.5 Å². The smallest absolute Gasteiger partial charge is 0.335 e. The first-order valence-electron chi connectivity index (χ1n) is 12.0. The van der Waals surface area contributed by atoms with Gasteiger partial charge >= 0.3 is 5.97 Å². The van der Waals surface area contributed by atoms with Crippen LogP contribution in [0.2, 0.25) is 0 Å². The van der Waals surface area contributed by atoms with E-state index in [1.165, 1.54) is 36.4 Å². The van der Waals surface area contributed by atoms with E-state index in [0.717, 1.165) is 38.2 Å². The van der Waals surface area contributed by atoms with Crippen LogP contribution in [-0.2, 0) is 10.1 Å². The van der Waals surface area contributed by atoms with Crippen LogP contribution in [0.25, 0.3) is 10.8 Å². The Morgan fingerprint density at radius 3 is 2.08 bits per heavy atom. The molecule has 0 saturated heterocycles. The third-order valence-electron chi connectivity index (χ3n) is 6.72. The van der Waals surface area contributed by atoms with Crippen molar-refractivity contribution in [3.63, 3.8) is 0 Å². The summed E-state index contributed by atoms with van der Waals surface area (Å²) < 4.78 is 35.2. The number of anilines is 1. The highest BCUT2D eigenvalue weighted by Gasteiger charge is 2.21. The zero-order valence-electron chi connectivity index (χ0n) is 20.0. The van der Waals surface area contributed by atoms with E-state index in [4.69, 9.17) is 5.11 Å². The number of hydrogen-bond acceptors (Lipinski definition) is 8. The molecule has 1 saturated carbocycles. The molecule has 3 N–H and O–H groups in total. The first-order valence-corrected chi connectivity index (χ1v) is 13.5. The lowest BCUT2D eigenvalue weighted by atomic mass is 9.96. The molecular formula is C27H23N3O7S. The standard InChI is InChI=1S/C27H23N3O7S/c31-25-18-8-4-5-9-19(18)26(32)23-22(25)20(28-16-6-2-1-3-7-16)14-21(38(35,36)37)24(23)30-29-17-12-10-15(11-13-17)27(33)34/h4-5,8-14,16,29H,1-3,6-7H2,(H,33,34)(H,35,36,37)/b28-20?,30-24+. The summed E-state index contributed by atoms with van der Waals surface area (Å²) >= 11 is 0. The van der Waals surface area contributed by atoms with Crippen LogP contribution in [0, 0.1) is 10.4 Å². The van der Waals surface area contributed by atoms with Gasteiger partial charge in [0.1, 0.15) is 10.3 Å². The molecule has 38 heavy (non-hydrogen) atoms. The molecule has 3 aliphatic carbocycles. The minimum Gasteiger partial charge on any atom is -0.478 e. The van der Waals surface area contributed by atoms with Crippen molar-refractivity contribution in [1.82, 2.24) is 0 Å². The van der Waals surface area contributed by atoms with Gasteiger partial charge in [-0.05, 0) is 43.2 Å². The van der Waals surface area contributed by atoms with Crippen LogP contribution in [-0.4, -0.2) is 30.1 Å². The molecule has 0 amide bonds. The summed E-state index contributed by atoms with van der Waals surface area (Å²) in [7, 11) is -4.91. The second kappa shape index (κ2) is 9.92. The maximum Gasteiger partial charge on any atom is 0.335 e. The Balaban J connectivity index is 1.92. The van der Waals surface area contributed by atoms with Crippen molar-refractivity contribution >= 4 is 32.5 Å². The Labute approximate surface area is 215 Å². The number of fused-ring (bicyclic) bond motifs is 1. The van der Waals surface area contributed by atoms with E-state index in [1.54, 1.807) is 12.1 Å². The summed E-state index contributed by atoms with van der Waals surface area (Å²) in [5.41, 5.74) is 1.81. The van der Waals surface area contributed by atoms with Gasteiger partial charge < -0.3 is 5.11 Å². The maximum absolute atomic E-state index is 13.7. The Morgan fingerprint density at radius 2 is 1.50 bits per heavy atom. The largest absolute Gasteiger partial charge is 0.478 e. The van der Waals surface area contributed by atoms with E-state index in [1.807, 2.05) is 0 Å². The van der Waals surface area contributed by atoms with Crippen molar-refractivity contribution in [2.24, 2.45) is 10.1 Å². The Kier molecular flexibility index (Phi) is 6.64. The molecule has 0 unspecified atom stereocenters. The van der Waals surface area contributed by atoms with Gasteiger partial charge in [-0.25, -0.2) is 4.79 Å². The molecule has 0 heterocycles. The second-order valence-electron chi connectivity index (χ2n) is 9.20. The molecule has 0 spiro atoms. The summed E-state index contributed by atoms with van der Waals surface area (Å²) in [6, 6.07) is 12.6. The zero-order valence-corrected chi connectivity index (χ0v) is 20.9. The number of hydrogen-bond donors (Lipinski definition) is 3. The predicted octanol–water partition coefficient (Wildman–Crippen LogP) is 2.27. The fourth-order valence-electron chi connectivity index (χ4n) is 4.86. The lowest BCUT2D eigenvalue weighted by Gasteiger charge is -2.17. The van der Waals surface area contributed by atoms with Crippen LogP contribution in [0.1, 0.15) is 42.5 Å². The number of carboxylic acid groups (broad SMARTS) is 1. The van der Waals surface area contributed by atoms with Gasteiger partial charge in [-0.15, -0.1) is 0 Å². The van der Waals surface area contributed by atoms with Gasteiger partial charge in [0.05, 0.1) is 33.1 Å². The highest BCUT2D eigenvalue weighted by molar-refractivity contribution is 7.85. The molecule has 0 aliphatic heterocycles. The van der Waals surface area contributed by atoms with Gasteiger partial charge in [0.25, 0.3) is 10.1 Å². The number of carbonyl (C=O) groups is 1. The van der Waals surface area contributed by atoms with Crippen LogP contribution in [0.15, 0.2) is 79.2 Å². The fourth-order valence-corrected chi connectivity index (χ4v) is 5.51. The SMILES string of the molecule is O=C(O)c1ccc(N/N=c2\c(S(=O)(=O)O)cc(=NC3CCCCC3)c3c(=O)c4ccccc4c(=O)c2=3)cc1. The van der Waals surface area contributed by atoms with Crippen LogP contribution >= 0.6 is 0 Å². The summed E-state index contributed by atoms with van der Waals surface area (Å²) in [5.74, 6) is -1.13. The molecule has 11 heteroatoms. The molecule has 1 fully saturated rings. The number of benzene rings is 2. The van der Waals surface area contributed by atoms with Crippen molar-refractivity contribution in [1.29, 1.82) is 0 Å². The molecule has 3 aliphatic rings. The number of aromatic carboxylic acids is 1. The zero-order chi connectivity index (χ0) is 27.0. The van der Waals surface area contributed by atoms with Crippen LogP contribution in [0.3, 0.4) is 0 Å². The third-order valence-corrected chi connectivity index (χ3v) is 7.58. The molecule has 10 nitrogen and oxygen atoms in total. The molecule has 5 rings (SSSR count). The Morgan fingerprint density at radius 1 is 0.895 bits per heavy atom. The molecule has 0 atom stereocenters. The first kappa shape index (κ1) is 25.4. The van der Waals surface area contributed by atoms with E-state index in [-0.39, 0.29) is 43.9 Å². The maximum atomic E-state index is 13.7. The van der Waals surface area contributed by atoms with Gasteiger partial charge in [0.15, 0.2) is 10.9 Å². The van der Waals surface area contributed by atoms with E-state index in [2.05, 4.69) is 15.5 Å². The van der Waals surface area contributed by atoms with Crippen LogP contribution in [0.5, 0.6) is 0 Å². The fraction of sp³-hybridized carbons (Fsp3) is 0.222. The summed E-state index contributed by atoms with van der Waals surface area (Å²) in [6.07, 6.45) is 4.45. The average Bonchev–Trinajstić information content (AvgIpc) is 2.90. The Hall–Kier alpha value is -4.22. The molecule has 0 bridgehead atoms. The highest BCUT2D eigenvalue weighted by atomic mass is 32.2. The molecule has 0 radical (unpaired) electrons. The van der Waals surface area contributed by atoms with E-state index in [9.17, 15) is 27.4 Å². The lowest BCUT2D eigenvalue weighted by molar-refractivity contribution is 0.0697. The quantitative estimate of drug-likeness (QED) is 0.260. The third kappa shape index (κ3) is 4.73. The van der Waals surface area contributed by atoms with Gasteiger partial charge in [-0.3, -0.25) is 24.6 Å². The van der Waals surface area contributed by atoms with Gasteiger partial charge in [0.2, 0.25) is 0 Å². The van der Waals surface area contributed by atoms with Crippen LogP contribution < -0.4 is 27.0 Å². The molecule has 0 aromatic heterocycles. The normalized spacial score (nSPS) is 15.8. The lowest BCUT2D eigenvalue weighted by Crippen LogP contribution is -2.34. The summed E-state index contributed by atoms with van der Waals surface area (Å²) in [5, 5.41) is 12.8. The van der Waals surface area contributed by atoms with Crippen molar-refractivity contribution in [2.75, 3.05) is 5.43 Å². The number of nitrogens with one attached hydrogen (secondary N) is 1. The number of nitrogens with zero attached hydrogens (tertiary/aromatic N) is 2. The van der Waals surface area contributed by atoms with Crippen molar-refractivity contribution < 1.29 is 22.9 Å². The highest BCUT2D eigenvalue weighted by Crippen LogP contribution is 2.20. The Bertz CT molecular complexity index is 1970. The molecule has 2 aromatic rings. The van der Waals surface area contributed by atoms with E-state index >= 15 is 0 Å². The van der Waals surface area contributed by atoms with E-state index in [0.29, 0.717) is 0 Å². The van der Waals surface area contributed by atoms with Gasteiger partial charge in [-0.2, -0.15) is 13.5 Å². The van der Waals surface area contributed by atoms with Crippen LogP contribution in [0.4, 0.5) is 5.69 Å². The first-order chi connectivity index (χ1) is 18.1.